The molecule has 9 heteroatoms. The van der Waals surface area contributed by atoms with Gasteiger partial charge in [0.25, 0.3) is 0 Å². The van der Waals surface area contributed by atoms with E-state index in [0.717, 1.165) is 16.7 Å². The van der Waals surface area contributed by atoms with Gasteiger partial charge in [-0.1, -0.05) is 6.92 Å². The lowest BCUT2D eigenvalue weighted by molar-refractivity contribution is -0.140. The number of hydrogen-bond acceptors (Lipinski definition) is 4. The molecular formula is C13H18F3N3O2S. The van der Waals surface area contributed by atoms with Gasteiger partial charge in [-0.3, -0.25) is 0 Å². The topological polar surface area (TPSA) is 65.5 Å². The van der Waals surface area contributed by atoms with Crippen LogP contribution in [-0.4, -0.2) is 40.2 Å². The summed E-state index contributed by atoms with van der Waals surface area (Å²) < 4.78 is 37.8. The number of nitrogens with zero attached hydrogens (tertiary/aromatic N) is 2. The number of piperidine rings is 1. The van der Waals surface area contributed by atoms with E-state index < -0.39 is 24.0 Å². The maximum atomic E-state index is 12.6. The predicted octanol–water partition coefficient (Wildman–Crippen LogP) is 2.78. The van der Waals surface area contributed by atoms with Gasteiger partial charge in [0.2, 0.25) is 0 Å². The molecule has 0 saturated carbocycles. The molecular weight excluding hydrogens is 319 g/mol. The van der Waals surface area contributed by atoms with E-state index >= 15 is 0 Å². The van der Waals surface area contributed by atoms with Crippen LogP contribution in [0, 0.1) is 0 Å². The van der Waals surface area contributed by atoms with Crippen LogP contribution in [0.3, 0.4) is 0 Å². The zero-order chi connectivity index (χ0) is 16.3. The Morgan fingerprint density at radius 3 is 2.91 bits per heavy atom. The van der Waals surface area contributed by atoms with E-state index in [1.165, 1.54) is 4.90 Å². The molecule has 1 aliphatic heterocycles. The van der Waals surface area contributed by atoms with Crippen molar-refractivity contribution >= 4 is 17.4 Å². The average molecular weight is 337 g/mol. The quantitative estimate of drug-likeness (QED) is 0.891. The molecule has 2 rings (SSSR count). The third-order valence-electron chi connectivity index (χ3n) is 3.50. The summed E-state index contributed by atoms with van der Waals surface area (Å²) in [6, 6.07) is -0.943. The maximum Gasteiger partial charge on any atom is 0.434 e. The summed E-state index contributed by atoms with van der Waals surface area (Å²) in [6.45, 7) is 2.55. The van der Waals surface area contributed by atoms with Gasteiger partial charge >= 0.3 is 12.2 Å². The lowest BCUT2D eigenvalue weighted by Gasteiger charge is -2.31. The summed E-state index contributed by atoms with van der Waals surface area (Å²) in [6.07, 6.45) is -3.22. The molecule has 1 aromatic heterocycles. The van der Waals surface area contributed by atoms with Gasteiger partial charge in [0.05, 0.1) is 12.1 Å². The van der Waals surface area contributed by atoms with Crippen LogP contribution in [0.2, 0.25) is 0 Å². The second kappa shape index (κ2) is 6.82. The zero-order valence-corrected chi connectivity index (χ0v) is 12.9. The van der Waals surface area contributed by atoms with E-state index in [2.05, 4.69) is 10.3 Å². The van der Waals surface area contributed by atoms with E-state index in [4.69, 9.17) is 0 Å². The van der Waals surface area contributed by atoms with Crippen LogP contribution in [0.25, 0.3) is 0 Å². The monoisotopic (exact) mass is 337 g/mol. The first-order chi connectivity index (χ1) is 10.3. The predicted molar refractivity (Wildman–Crippen MR) is 75.5 cm³/mol. The molecule has 22 heavy (non-hydrogen) atoms. The molecule has 0 bridgehead atoms. The van der Waals surface area contributed by atoms with E-state index in [-0.39, 0.29) is 17.6 Å². The molecule has 2 unspecified atom stereocenters. The van der Waals surface area contributed by atoms with Crippen LogP contribution < -0.4 is 5.32 Å². The van der Waals surface area contributed by atoms with Gasteiger partial charge in [0, 0.05) is 18.5 Å². The molecule has 2 atom stereocenters. The lowest BCUT2D eigenvalue weighted by atomic mass is 10.1. The Labute approximate surface area is 130 Å². The number of thiazole rings is 1. The Kier molecular flexibility index (Phi) is 5.28. The number of nitrogens with one attached hydrogen (secondary N) is 1. The van der Waals surface area contributed by atoms with Crippen LogP contribution in [0.15, 0.2) is 5.38 Å². The fourth-order valence-corrected chi connectivity index (χ4v) is 3.26. The van der Waals surface area contributed by atoms with Crippen LogP contribution in [0.4, 0.5) is 18.0 Å². The van der Waals surface area contributed by atoms with Crippen molar-refractivity contribution in [2.24, 2.45) is 0 Å². The van der Waals surface area contributed by atoms with Crippen molar-refractivity contribution in [3.05, 3.63) is 16.1 Å². The number of halogens is 3. The molecule has 2 amide bonds. The normalized spacial score (nSPS) is 20.8. The minimum atomic E-state index is -4.48. The number of carbonyl (C=O) groups is 1. The van der Waals surface area contributed by atoms with Crippen molar-refractivity contribution in [3.63, 3.8) is 0 Å². The van der Waals surface area contributed by atoms with Gasteiger partial charge in [0.1, 0.15) is 5.01 Å². The molecule has 0 spiro atoms. The first-order valence-electron chi connectivity index (χ1n) is 7.07. The van der Waals surface area contributed by atoms with Gasteiger partial charge < -0.3 is 15.3 Å². The molecule has 1 aliphatic rings. The molecule has 0 radical (unpaired) electrons. The van der Waals surface area contributed by atoms with Gasteiger partial charge in [-0.05, 0) is 19.3 Å². The molecule has 2 heterocycles. The van der Waals surface area contributed by atoms with E-state index in [1.807, 2.05) is 0 Å². The smallest absolute Gasteiger partial charge is 0.391 e. The molecule has 0 aliphatic carbocycles. The minimum absolute atomic E-state index is 0.237. The van der Waals surface area contributed by atoms with E-state index in [1.54, 1.807) is 6.92 Å². The Morgan fingerprint density at radius 2 is 2.36 bits per heavy atom. The summed E-state index contributed by atoms with van der Waals surface area (Å²) in [4.78, 5) is 17.2. The molecule has 1 fully saturated rings. The highest BCUT2D eigenvalue weighted by Gasteiger charge is 2.34. The molecule has 0 aromatic carbocycles. The Morgan fingerprint density at radius 1 is 1.64 bits per heavy atom. The van der Waals surface area contributed by atoms with E-state index in [9.17, 15) is 23.1 Å². The first kappa shape index (κ1) is 17.0. The molecule has 1 aromatic rings. The number of carbonyl (C=O) groups excluding carboxylic acids is 1. The van der Waals surface area contributed by atoms with E-state index in [0.29, 0.717) is 25.8 Å². The van der Waals surface area contributed by atoms with Crippen molar-refractivity contribution in [1.29, 1.82) is 0 Å². The number of alkyl halides is 3. The number of hydrogen-bond donors (Lipinski definition) is 2. The van der Waals surface area contributed by atoms with Crippen molar-refractivity contribution < 1.29 is 23.1 Å². The summed E-state index contributed by atoms with van der Waals surface area (Å²) in [5.74, 6) is 0. The number of urea groups is 1. The summed E-state index contributed by atoms with van der Waals surface area (Å²) >= 11 is 0.885. The summed E-state index contributed by atoms with van der Waals surface area (Å²) in [5.41, 5.74) is -0.936. The Balaban J connectivity index is 2.02. The van der Waals surface area contributed by atoms with Crippen molar-refractivity contribution in [3.8, 4) is 0 Å². The third kappa shape index (κ3) is 4.10. The van der Waals surface area contributed by atoms with Gasteiger partial charge in [-0.15, -0.1) is 11.3 Å². The average Bonchev–Trinajstić information content (AvgIpc) is 2.94. The fourth-order valence-electron chi connectivity index (χ4n) is 2.30. The van der Waals surface area contributed by atoms with Gasteiger partial charge in [-0.2, -0.15) is 13.2 Å². The zero-order valence-electron chi connectivity index (χ0n) is 12.1. The highest BCUT2D eigenvalue weighted by atomic mass is 32.1. The maximum absolute atomic E-state index is 12.6. The highest BCUT2D eigenvalue weighted by Crippen LogP contribution is 2.32. The number of β-amino-alcohol motifs (C(OH)–C–C–N with tert-alkyl or cyclic N) is 1. The molecule has 5 nitrogen and oxygen atoms in total. The second-order valence-corrected chi connectivity index (χ2v) is 6.11. The number of aliphatic hydroxyl groups excluding tert-OH is 1. The second-order valence-electron chi connectivity index (χ2n) is 5.22. The van der Waals surface area contributed by atoms with Crippen LogP contribution in [0.1, 0.15) is 42.9 Å². The first-order valence-corrected chi connectivity index (χ1v) is 7.95. The standard InChI is InChI=1S/C13H18F3N3O2S/c1-2-9(11-18-10(7-22-11)13(14,15)16)17-12(21)19-5-3-4-8(20)6-19/h7-9,20H,2-6H2,1H3,(H,17,21). The lowest BCUT2D eigenvalue weighted by Crippen LogP contribution is -2.47. The minimum Gasteiger partial charge on any atom is -0.391 e. The summed E-state index contributed by atoms with van der Waals surface area (Å²) in [5, 5.41) is 13.5. The number of aromatic nitrogens is 1. The SMILES string of the molecule is CCC(NC(=O)N1CCCC(O)C1)c1nc(C(F)(F)F)cs1. The van der Waals surface area contributed by atoms with Crippen molar-refractivity contribution in [2.45, 2.75) is 44.5 Å². The van der Waals surface area contributed by atoms with Crippen LogP contribution in [0.5, 0.6) is 0 Å². The number of likely N-dealkylation sites (tertiary alicyclic amines) is 1. The van der Waals surface area contributed by atoms with Gasteiger partial charge in [0.15, 0.2) is 5.69 Å². The number of amides is 2. The summed E-state index contributed by atoms with van der Waals surface area (Å²) in [7, 11) is 0. The fraction of sp³-hybridized carbons (Fsp3) is 0.692. The molecule has 1 saturated heterocycles. The Hall–Kier alpha value is -1.35. The van der Waals surface area contributed by atoms with Crippen LogP contribution in [-0.2, 0) is 6.18 Å². The Bertz CT molecular complexity index is 521. The van der Waals surface area contributed by atoms with Crippen LogP contribution >= 0.6 is 11.3 Å². The van der Waals surface area contributed by atoms with Crippen molar-refractivity contribution in [1.82, 2.24) is 15.2 Å². The molecule has 124 valence electrons. The van der Waals surface area contributed by atoms with Gasteiger partial charge in [-0.25, -0.2) is 9.78 Å². The highest BCUT2D eigenvalue weighted by molar-refractivity contribution is 7.09. The number of aliphatic hydroxyl groups is 1. The largest absolute Gasteiger partial charge is 0.434 e. The third-order valence-corrected chi connectivity index (χ3v) is 4.46. The molecule has 2 N–H and O–H groups in total. The number of rotatable bonds is 3. The van der Waals surface area contributed by atoms with Crippen molar-refractivity contribution in [2.75, 3.05) is 13.1 Å².